The molecule has 2 aromatic heterocycles. The number of halogens is 1. The van der Waals surface area contributed by atoms with Crippen LogP contribution in [0.1, 0.15) is 5.69 Å². The van der Waals surface area contributed by atoms with Gasteiger partial charge < -0.3 is 4.57 Å². The highest BCUT2D eigenvalue weighted by Gasteiger charge is 2.14. The Labute approximate surface area is 125 Å². The van der Waals surface area contributed by atoms with Gasteiger partial charge >= 0.3 is 0 Å². The number of nitrogens with one attached hydrogen (secondary N) is 1. The molecule has 1 N–H and O–H groups in total. The van der Waals surface area contributed by atoms with Crippen molar-refractivity contribution in [1.29, 1.82) is 0 Å². The van der Waals surface area contributed by atoms with E-state index >= 15 is 0 Å². The number of benzene rings is 1. The molecule has 0 atom stereocenters. The Kier molecular flexibility index (Phi) is 3.19. The molecule has 0 bridgehead atoms. The molecule has 0 amide bonds. The Morgan fingerprint density at radius 3 is 2.55 bits per heavy atom. The standard InChI is InChI=1S/C13H12ClN5S/c1-8-11(12-16-17-13(20)18(12)2)7-15-19(8)10-5-3-9(14)4-6-10/h3-7H,1-2H3,(H,17,20). The van der Waals surface area contributed by atoms with Crippen molar-refractivity contribution < 1.29 is 0 Å². The maximum Gasteiger partial charge on any atom is 0.195 e. The van der Waals surface area contributed by atoms with Crippen LogP contribution in [0.3, 0.4) is 0 Å². The Bertz CT molecular complexity index is 812. The minimum atomic E-state index is 0.582. The minimum absolute atomic E-state index is 0.582. The second-order valence-electron chi connectivity index (χ2n) is 4.44. The molecule has 1 aromatic carbocycles. The van der Waals surface area contributed by atoms with Crippen LogP contribution in [-0.4, -0.2) is 24.5 Å². The lowest BCUT2D eigenvalue weighted by Crippen LogP contribution is -1.99. The summed E-state index contributed by atoms with van der Waals surface area (Å²) in [4.78, 5) is 0. The largest absolute Gasteiger partial charge is 0.303 e. The van der Waals surface area contributed by atoms with Crippen LogP contribution in [0, 0.1) is 11.7 Å². The second-order valence-corrected chi connectivity index (χ2v) is 5.27. The van der Waals surface area contributed by atoms with Crippen LogP contribution < -0.4 is 0 Å². The number of H-pyrrole nitrogens is 1. The Balaban J connectivity index is 2.11. The van der Waals surface area contributed by atoms with E-state index in [-0.39, 0.29) is 0 Å². The molecule has 0 saturated heterocycles. The van der Waals surface area contributed by atoms with E-state index in [1.807, 2.05) is 47.5 Å². The van der Waals surface area contributed by atoms with Crippen LogP contribution in [0.4, 0.5) is 0 Å². The fraction of sp³-hybridized carbons (Fsp3) is 0.154. The smallest absolute Gasteiger partial charge is 0.195 e. The van der Waals surface area contributed by atoms with E-state index in [0.29, 0.717) is 9.79 Å². The predicted octanol–water partition coefficient (Wildman–Crippen LogP) is 3.29. The van der Waals surface area contributed by atoms with Gasteiger partial charge in [0.15, 0.2) is 10.6 Å². The molecule has 0 unspecified atom stereocenters. The summed E-state index contributed by atoms with van der Waals surface area (Å²) < 4.78 is 4.26. The van der Waals surface area contributed by atoms with Gasteiger partial charge in [-0.25, -0.2) is 4.68 Å². The zero-order valence-electron chi connectivity index (χ0n) is 11.0. The zero-order valence-corrected chi connectivity index (χ0v) is 12.5. The number of rotatable bonds is 2. The molecule has 2 heterocycles. The first-order valence-corrected chi connectivity index (χ1v) is 6.79. The monoisotopic (exact) mass is 305 g/mol. The van der Waals surface area contributed by atoms with Crippen molar-refractivity contribution in [2.75, 3.05) is 0 Å². The second kappa shape index (κ2) is 4.88. The van der Waals surface area contributed by atoms with E-state index in [1.165, 1.54) is 0 Å². The van der Waals surface area contributed by atoms with Crippen LogP contribution in [0.15, 0.2) is 30.5 Å². The quantitative estimate of drug-likeness (QED) is 0.739. The molecule has 0 radical (unpaired) electrons. The highest BCUT2D eigenvalue weighted by atomic mass is 35.5. The molecule has 5 nitrogen and oxygen atoms in total. The molecule has 3 aromatic rings. The summed E-state index contributed by atoms with van der Waals surface area (Å²) in [5.41, 5.74) is 2.88. The lowest BCUT2D eigenvalue weighted by molar-refractivity contribution is 0.846. The third-order valence-corrected chi connectivity index (χ3v) is 3.82. The first kappa shape index (κ1) is 13.1. The van der Waals surface area contributed by atoms with Gasteiger partial charge in [0.2, 0.25) is 0 Å². The zero-order chi connectivity index (χ0) is 14.3. The van der Waals surface area contributed by atoms with E-state index in [1.54, 1.807) is 6.20 Å². The van der Waals surface area contributed by atoms with Gasteiger partial charge in [-0.3, -0.25) is 5.10 Å². The van der Waals surface area contributed by atoms with Crippen molar-refractivity contribution in [3.63, 3.8) is 0 Å². The maximum absolute atomic E-state index is 5.90. The number of hydrogen-bond donors (Lipinski definition) is 1. The highest BCUT2D eigenvalue weighted by Crippen LogP contribution is 2.23. The molecule has 102 valence electrons. The maximum atomic E-state index is 5.90. The van der Waals surface area contributed by atoms with Crippen molar-refractivity contribution in [3.05, 3.63) is 45.9 Å². The van der Waals surface area contributed by atoms with E-state index in [4.69, 9.17) is 23.8 Å². The lowest BCUT2D eigenvalue weighted by atomic mass is 10.2. The van der Waals surface area contributed by atoms with Crippen LogP contribution in [-0.2, 0) is 7.05 Å². The van der Waals surface area contributed by atoms with E-state index in [2.05, 4.69) is 15.3 Å². The van der Waals surface area contributed by atoms with Crippen LogP contribution in [0.25, 0.3) is 17.1 Å². The van der Waals surface area contributed by atoms with E-state index in [0.717, 1.165) is 22.8 Å². The van der Waals surface area contributed by atoms with Gasteiger partial charge in [0, 0.05) is 12.1 Å². The average molecular weight is 306 g/mol. The van der Waals surface area contributed by atoms with Gasteiger partial charge in [0.25, 0.3) is 0 Å². The summed E-state index contributed by atoms with van der Waals surface area (Å²) in [7, 11) is 1.88. The van der Waals surface area contributed by atoms with Crippen molar-refractivity contribution in [2.24, 2.45) is 7.05 Å². The van der Waals surface area contributed by atoms with Crippen molar-refractivity contribution in [2.45, 2.75) is 6.92 Å². The fourth-order valence-corrected chi connectivity index (χ4v) is 2.32. The summed E-state index contributed by atoms with van der Waals surface area (Å²) in [6.45, 7) is 1.99. The number of aromatic amines is 1. The Morgan fingerprint density at radius 1 is 1.25 bits per heavy atom. The van der Waals surface area contributed by atoms with Crippen LogP contribution in [0.5, 0.6) is 0 Å². The van der Waals surface area contributed by atoms with Gasteiger partial charge in [0.05, 0.1) is 23.1 Å². The SMILES string of the molecule is Cc1c(-c2n[nH]c(=S)n2C)cnn1-c1ccc(Cl)cc1. The molecule has 0 saturated carbocycles. The third-order valence-electron chi connectivity index (χ3n) is 3.20. The van der Waals surface area contributed by atoms with E-state index < -0.39 is 0 Å². The molecule has 20 heavy (non-hydrogen) atoms. The molecule has 0 aliphatic carbocycles. The first-order valence-electron chi connectivity index (χ1n) is 6.00. The van der Waals surface area contributed by atoms with Crippen molar-refractivity contribution in [1.82, 2.24) is 24.5 Å². The number of nitrogens with zero attached hydrogens (tertiary/aromatic N) is 4. The van der Waals surface area contributed by atoms with Crippen molar-refractivity contribution in [3.8, 4) is 17.1 Å². The lowest BCUT2D eigenvalue weighted by Gasteiger charge is -2.05. The Morgan fingerprint density at radius 2 is 1.95 bits per heavy atom. The normalized spacial score (nSPS) is 10.9. The van der Waals surface area contributed by atoms with Crippen LogP contribution >= 0.6 is 23.8 Å². The number of aromatic nitrogens is 5. The summed E-state index contributed by atoms with van der Waals surface area (Å²) in [6.07, 6.45) is 1.79. The first-order chi connectivity index (χ1) is 9.58. The summed E-state index contributed by atoms with van der Waals surface area (Å²) >= 11 is 11.0. The topological polar surface area (TPSA) is 51.4 Å². The van der Waals surface area contributed by atoms with E-state index in [9.17, 15) is 0 Å². The average Bonchev–Trinajstić information content (AvgIpc) is 2.96. The third kappa shape index (κ3) is 2.07. The summed E-state index contributed by atoms with van der Waals surface area (Å²) in [5.74, 6) is 0.771. The molecule has 7 heteroatoms. The molecule has 0 fully saturated rings. The highest BCUT2D eigenvalue weighted by molar-refractivity contribution is 7.71. The van der Waals surface area contributed by atoms with Gasteiger partial charge in [-0.15, -0.1) is 0 Å². The molecular weight excluding hydrogens is 294 g/mol. The van der Waals surface area contributed by atoms with Gasteiger partial charge in [-0.05, 0) is 43.4 Å². The summed E-state index contributed by atoms with van der Waals surface area (Å²) in [6, 6.07) is 7.53. The molecule has 0 aliphatic rings. The summed E-state index contributed by atoms with van der Waals surface area (Å²) in [5, 5.41) is 12.1. The van der Waals surface area contributed by atoms with Crippen molar-refractivity contribution >= 4 is 23.8 Å². The molecular formula is C13H12ClN5S. The van der Waals surface area contributed by atoms with Gasteiger partial charge in [-0.1, -0.05) is 11.6 Å². The van der Waals surface area contributed by atoms with Gasteiger partial charge in [0.1, 0.15) is 0 Å². The fourth-order valence-electron chi connectivity index (χ4n) is 2.06. The molecule has 0 spiro atoms. The predicted molar refractivity (Wildman–Crippen MR) is 80.7 cm³/mol. The number of hydrogen-bond acceptors (Lipinski definition) is 3. The molecule has 0 aliphatic heterocycles. The molecule has 3 rings (SSSR count). The Hall–Kier alpha value is -1.92. The minimum Gasteiger partial charge on any atom is -0.303 e. The van der Waals surface area contributed by atoms with Crippen LogP contribution in [0.2, 0.25) is 5.02 Å². The van der Waals surface area contributed by atoms with Gasteiger partial charge in [-0.2, -0.15) is 10.2 Å².